The number of carboxylic acid groups (broad SMARTS) is 2. The second-order valence-corrected chi connectivity index (χ2v) is 4.81. The second-order valence-electron chi connectivity index (χ2n) is 3.78. The fourth-order valence-corrected chi connectivity index (χ4v) is 2.30. The van der Waals surface area contributed by atoms with Crippen LogP contribution in [0.25, 0.3) is 6.08 Å². The third kappa shape index (κ3) is 4.18. The molecular formula is C12H13NO6S. The molecule has 0 aliphatic heterocycles. The molecule has 1 rings (SSSR count). The first-order chi connectivity index (χ1) is 9.32. The van der Waals surface area contributed by atoms with E-state index in [2.05, 4.69) is 0 Å². The van der Waals surface area contributed by atoms with Crippen LogP contribution in [0.3, 0.4) is 0 Å². The van der Waals surface area contributed by atoms with E-state index in [0.29, 0.717) is 5.56 Å². The van der Waals surface area contributed by atoms with Crippen LogP contribution < -0.4 is 5.73 Å². The summed E-state index contributed by atoms with van der Waals surface area (Å²) in [6.45, 7) is 0. The molecule has 8 heteroatoms. The number of hydrogen-bond acceptors (Lipinski definition) is 6. The van der Waals surface area contributed by atoms with Crippen LogP contribution in [0, 0.1) is 0 Å². The Morgan fingerprint density at radius 2 is 1.95 bits per heavy atom. The lowest BCUT2D eigenvalue weighted by Crippen LogP contribution is -2.32. The SMILES string of the molecule is NC(CSc1c(/C=C/C(=O)O)ccc(O)c1O)C(=O)O. The summed E-state index contributed by atoms with van der Waals surface area (Å²) >= 11 is 0.916. The van der Waals surface area contributed by atoms with Crippen molar-refractivity contribution >= 4 is 29.8 Å². The summed E-state index contributed by atoms with van der Waals surface area (Å²) in [6, 6.07) is 1.47. The number of rotatable bonds is 6. The van der Waals surface area contributed by atoms with Gasteiger partial charge in [0.25, 0.3) is 0 Å². The number of aromatic hydroxyl groups is 2. The molecule has 108 valence electrons. The van der Waals surface area contributed by atoms with Crippen LogP contribution in [0.1, 0.15) is 5.56 Å². The van der Waals surface area contributed by atoms with Gasteiger partial charge in [0, 0.05) is 11.8 Å². The van der Waals surface area contributed by atoms with Crippen LogP contribution >= 0.6 is 11.8 Å². The molecule has 1 aromatic rings. The van der Waals surface area contributed by atoms with Crippen LogP contribution in [-0.4, -0.2) is 44.2 Å². The van der Waals surface area contributed by atoms with Gasteiger partial charge in [0.1, 0.15) is 6.04 Å². The smallest absolute Gasteiger partial charge is 0.328 e. The van der Waals surface area contributed by atoms with Crippen LogP contribution in [0.4, 0.5) is 0 Å². The van der Waals surface area contributed by atoms with Crippen LogP contribution in [0.2, 0.25) is 0 Å². The van der Waals surface area contributed by atoms with Crippen molar-refractivity contribution in [3.8, 4) is 11.5 Å². The molecule has 6 N–H and O–H groups in total. The zero-order valence-corrected chi connectivity index (χ0v) is 11.0. The van der Waals surface area contributed by atoms with Gasteiger partial charge >= 0.3 is 11.9 Å². The molecule has 0 radical (unpaired) electrons. The number of hydrogen-bond donors (Lipinski definition) is 5. The molecule has 1 unspecified atom stereocenters. The first kappa shape index (κ1) is 15.9. The van der Waals surface area contributed by atoms with Gasteiger partial charge in [-0.05, 0) is 23.8 Å². The van der Waals surface area contributed by atoms with Crippen molar-refractivity contribution in [2.24, 2.45) is 5.73 Å². The summed E-state index contributed by atoms with van der Waals surface area (Å²) in [6.07, 6.45) is 2.10. The summed E-state index contributed by atoms with van der Waals surface area (Å²) in [5.41, 5.74) is 5.69. The Hall–Kier alpha value is -2.19. The minimum absolute atomic E-state index is 0.0414. The zero-order chi connectivity index (χ0) is 15.3. The van der Waals surface area contributed by atoms with Gasteiger partial charge in [-0.15, -0.1) is 11.8 Å². The molecule has 1 aromatic carbocycles. The van der Waals surface area contributed by atoms with Crippen molar-refractivity contribution in [2.75, 3.05) is 5.75 Å². The van der Waals surface area contributed by atoms with E-state index in [9.17, 15) is 19.8 Å². The molecule has 1 atom stereocenters. The van der Waals surface area contributed by atoms with Gasteiger partial charge in [0.2, 0.25) is 0 Å². The van der Waals surface area contributed by atoms with Crippen molar-refractivity contribution in [1.29, 1.82) is 0 Å². The highest BCUT2D eigenvalue weighted by atomic mass is 32.2. The number of phenols is 2. The molecule has 7 nitrogen and oxygen atoms in total. The van der Waals surface area contributed by atoms with E-state index in [1.807, 2.05) is 0 Å². The van der Waals surface area contributed by atoms with Gasteiger partial charge in [-0.25, -0.2) is 4.79 Å². The number of nitrogens with two attached hydrogens (primary N) is 1. The summed E-state index contributed by atoms with van der Waals surface area (Å²) in [4.78, 5) is 21.3. The molecule has 0 aliphatic carbocycles. The van der Waals surface area contributed by atoms with Gasteiger partial charge < -0.3 is 26.2 Å². The van der Waals surface area contributed by atoms with Crippen LogP contribution in [0.15, 0.2) is 23.1 Å². The lowest BCUT2D eigenvalue weighted by molar-refractivity contribution is -0.138. The van der Waals surface area contributed by atoms with Gasteiger partial charge in [0.05, 0.1) is 4.90 Å². The third-order valence-electron chi connectivity index (χ3n) is 2.27. The molecular weight excluding hydrogens is 286 g/mol. The first-order valence-corrected chi connectivity index (χ1v) is 6.38. The molecule has 0 aromatic heterocycles. The van der Waals surface area contributed by atoms with Gasteiger partial charge in [-0.3, -0.25) is 4.79 Å². The van der Waals surface area contributed by atoms with E-state index in [-0.39, 0.29) is 16.4 Å². The summed E-state index contributed by atoms with van der Waals surface area (Å²) < 4.78 is 0. The number of carbonyl (C=O) groups is 2. The Balaban J connectivity index is 3.04. The fraction of sp³-hybridized carbons (Fsp3) is 0.167. The first-order valence-electron chi connectivity index (χ1n) is 5.40. The quantitative estimate of drug-likeness (QED) is 0.293. The highest BCUT2D eigenvalue weighted by Crippen LogP contribution is 2.39. The standard InChI is InChI=1S/C12H13NO6S/c13-7(12(18)19)5-20-11-6(2-4-9(15)16)1-3-8(14)10(11)17/h1-4,7,14,17H,5,13H2,(H,15,16)(H,18,19)/b4-2+. The maximum Gasteiger partial charge on any atom is 0.328 e. The Bertz CT molecular complexity index is 557. The highest BCUT2D eigenvalue weighted by molar-refractivity contribution is 7.99. The number of phenolic OH excluding ortho intramolecular Hbond substituents is 2. The number of thioether (sulfide) groups is 1. The maximum absolute atomic E-state index is 10.6. The lowest BCUT2D eigenvalue weighted by Gasteiger charge is -2.11. The van der Waals surface area contributed by atoms with Crippen molar-refractivity contribution in [1.82, 2.24) is 0 Å². The molecule has 0 heterocycles. The lowest BCUT2D eigenvalue weighted by atomic mass is 10.2. The Labute approximate surface area is 118 Å². The summed E-state index contributed by atoms with van der Waals surface area (Å²) in [7, 11) is 0. The van der Waals surface area contributed by atoms with Gasteiger partial charge in [0.15, 0.2) is 11.5 Å². The van der Waals surface area contributed by atoms with E-state index < -0.39 is 23.7 Å². The molecule has 0 fully saturated rings. The van der Waals surface area contributed by atoms with Crippen molar-refractivity contribution in [3.63, 3.8) is 0 Å². The van der Waals surface area contributed by atoms with E-state index >= 15 is 0 Å². The molecule has 0 amide bonds. The molecule has 0 bridgehead atoms. The van der Waals surface area contributed by atoms with E-state index in [4.69, 9.17) is 15.9 Å². The topological polar surface area (TPSA) is 141 Å². The van der Waals surface area contributed by atoms with Crippen LogP contribution in [-0.2, 0) is 9.59 Å². The van der Waals surface area contributed by atoms with Crippen molar-refractivity contribution < 1.29 is 30.0 Å². The summed E-state index contributed by atoms with van der Waals surface area (Å²) in [5.74, 6) is -3.24. The van der Waals surface area contributed by atoms with Gasteiger partial charge in [-0.2, -0.15) is 0 Å². The maximum atomic E-state index is 10.6. The molecule has 0 aliphatic rings. The minimum Gasteiger partial charge on any atom is -0.504 e. The number of benzene rings is 1. The Morgan fingerprint density at radius 1 is 1.30 bits per heavy atom. The normalized spacial score (nSPS) is 12.4. The highest BCUT2D eigenvalue weighted by Gasteiger charge is 2.16. The minimum atomic E-state index is -1.19. The van der Waals surface area contributed by atoms with Crippen molar-refractivity contribution in [3.05, 3.63) is 23.8 Å². The average Bonchev–Trinajstić information content (AvgIpc) is 2.38. The Kier molecular flexibility index (Phi) is 5.42. The van der Waals surface area contributed by atoms with E-state index in [1.54, 1.807) is 0 Å². The predicted molar refractivity (Wildman–Crippen MR) is 72.8 cm³/mol. The molecule has 0 saturated heterocycles. The van der Waals surface area contributed by atoms with Gasteiger partial charge in [-0.1, -0.05) is 0 Å². The fourth-order valence-electron chi connectivity index (χ4n) is 1.26. The van der Waals surface area contributed by atoms with Crippen molar-refractivity contribution in [2.45, 2.75) is 10.9 Å². The van der Waals surface area contributed by atoms with E-state index in [0.717, 1.165) is 17.8 Å². The Morgan fingerprint density at radius 3 is 2.50 bits per heavy atom. The molecule has 0 saturated carbocycles. The summed E-state index contributed by atoms with van der Waals surface area (Å²) in [5, 5.41) is 36.4. The average molecular weight is 299 g/mol. The zero-order valence-electron chi connectivity index (χ0n) is 10.2. The number of carboxylic acids is 2. The van der Waals surface area contributed by atoms with Crippen LogP contribution in [0.5, 0.6) is 11.5 Å². The number of aliphatic carboxylic acids is 2. The third-order valence-corrected chi connectivity index (χ3v) is 3.51. The predicted octanol–water partition coefficient (Wildman–Crippen LogP) is 0.700. The molecule has 0 spiro atoms. The van der Waals surface area contributed by atoms with E-state index in [1.165, 1.54) is 18.2 Å². The molecule has 20 heavy (non-hydrogen) atoms. The largest absolute Gasteiger partial charge is 0.504 e. The monoisotopic (exact) mass is 299 g/mol. The second kappa shape index (κ2) is 6.83.